The number of rotatable bonds is 3. The number of carbonyl (C=O) groups excluding carboxylic acids is 1. The summed E-state index contributed by atoms with van der Waals surface area (Å²) in [6, 6.07) is 14.7. The van der Waals surface area contributed by atoms with E-state index in [9.17, 15) is 4.79 Å². The number of hydrogen-bond donors (Lipinski definition) is 0. The molecule has 0 fully saturated rings. The predicted molar refractivity (Wildman–Crippen MR) is 121 cm³/mol. The van der Waals surface area contributed by atoms with Gasteiger partial charge in [0.1, 0.15) is 0 Å². The molecule has 0 saturated carbocycles. The van der Waals surface area contributed by atoms with Gasteiger partial charge in [0.05, 0.1) is 5.52 Å². The van der Waals surface area contributed by atoms with Crippen LogP contribution in [-0.4, -0.2) is 48.0 Å². The molecule has 0 radical (unpaired) electrons. The molecule has 29 heavy (non-hydrogen) atoms. The Morgan fingerprint density at radius 1 is 1.07 bits per heavy atom. The first kappa shape index (κ1) is 19.5. The molecule has 0 spiro atoms. The third-order valence-corrected chi connectivity index (χ3v) is 5.85. The average Bonchev–Trinajstić information content (AvgIpc) is 2.99. The van der Waals surface area contributed by atoms with E-state index in [1.165, 1.54) is 33.3 Å². The standard InChI is InChI=1S/C25H29N3O/c1-17-6-11-23-21(14-17)22-16-27(5)13-12-24(22)28(23)15-18(2)19-7-9-20(10-8-19)25(29)26(3)4/h6-11,14-15H,12-13,16H2,1-5H3. The van der Waals surface area contributed by atoms with Crippen molar-refractivity contribution in [3.05, 3.63) is 70.4 Å². The van der Waals surface area contributed by atoms with Gasteiger partial charge in [0.15, 0.2) is 0 Å². The molecular weight excluding hydrogens is 358 g/mol. The molecule has 4 nitrogen and oxygen atoms in total. The summed E-state index contributed by atoms with van der Waals surface area (Å²) in [4.78, 5) is 16.1. The second-order valence-corrected chi connectivity index (χ2v) is 8.39. The molecular formula is C25H29N3O. The molecule has 0 N–H and O–H groups in total. The fourth-order valence-electron chi connectivity index (χ4n) is 4.19. The van der Waals surface area contributed by atoms with Gasteiger partial charge in [-0.1, -0.05) is 23.8 Å². The Morgan fingerprint density at radius 2 is 1.76 bits per heavy atom. The van der Waals surface area contributed by atoms with Crippen molar-refractivity contribution in [3.63, 3.8) is 0 Å². The number of hydrogen-bond acceptors (Lipinski definition) is 2. The van der Waals surface area contributed by atoms with Crippen molar-refractivity contribution in [2.75, 3.05) is 27.7 Å². The van der Waals surface area contributed by atoms with Gasteiger partial charge in [0, 0.05) is 56.4 Å². The van der Waals surface area contributed by atoms with Crippen LogP contribution >= 0.6 is 0 Å². The van der Waals surface area contributed by atoms with Crippen molar-refractivity contribution in [1.29, 1.82) is 0 Å². The third kappa shape index (κ3) is 3.60. The van der Waals surface area contributed by atoms with Gasteiger partial charge in [-0.05, 0) is 61.9 Å². The van der Waals surface area contributed by atoms with Gasteiger partial charge in [-0.2, -0.15) is 0 Å². The van der Waals surface area contributed by atoms with Gasteiger partial charge in [0.2, 0.25) is 0 Å². The van der Waals surface area contributed by atoms with Crippen LogP contribution in [0, 0.1) is 6.92 Å². The molecule has 0 aliphatic carbocycles. The van der Waals surface area contributed by atoms with E-state index >= 15 is 0 Å². The Balaban J connectivity index is 1.77. The smallest absolute Gasteiger partial charge is 0.253 e. The molecule has 1 amide bonds. The van der Waals surface area contributed by atoms with E-state index < -0.39 is 0 Å². The summed E-state index contributed by atoms with van der Waals surface area (Å²) < 4.78 is 2.38. The largest absolute Gasteiger partial charge is 0.345 e. The van der Waals surface area contributed by atoms with Gasteiger partial charge in [-0.3, -0.25) is 4.79 Å². The first-order valence-electron chi connectivity index (χ1n) is 10.2. The zero-order valence-electron chi connectivity index (χ0n) is 18.0. The van der Waals surface area contributed by atoms with E-state index in [1.807, 2.05) is 24.3 Å². The van der Waals surface area contributed by atoms with Crippen LogP contribution in [0.25, 0.3) is 22.7 Å². The Kier molecular flexibility index (Phi) is 5.05. The first-order valence-corrected chi connectivity index (χ1v) is 10.2. The molecule has 0 atom stereocenters. The SMILES string of the molecule is CC(=Cn1c2c(c3cc(C)ccc31)CN(C)CC2)c1ccc(C(=O)N(C)C)cc1. The van der Waals surface area contributed by atoms with E-state index in [0.29, 0.717) is 5.56 Å². The highest BCUT2D eigenvalue weighted by Crippen LogP contribution is 2.32. The number of fused-ring (bicyclic) bond motifs is 3. The number of carbonyl (C=O) groups is 1. The lowest BCUT2D eigenvalue weighted by Gasteiger charge is -2.23. The quantitative estimate of drug-likeness (QED) is 0.654. The maximum Gasteiger partial charge on any atom is 0.253 e. The number of benzene rings is 2. The van der Waals surface area contributed by atoms with E-state index in [1.54, 1.807) is 19.0 Å². The van der Waals surface area contributed by atoms with Crippen molar-refractivity contribution in [3.8, 4) is 0 Å². The second kappa shape index (κ2) is 7.53. The fraction of sp³-hybridized carbons (Fsp3) is 0.320. The maximum absolute atomic E-state index is 12.1. The summed E-state index contributed by atoms with van der Waals surface area (Å²) in [5, 5.41) is 1.36. The maximum atomic E-state index is 12.1. The van der Waals surface area contributed by atoms with Gasteiger partial charge < -0.3 is 14.4 Å². The van der Waals surface area contributed by atoms with E-state index in [4.69, 9.17) is 0 Å². The van der Waals surface area contributed by atoms with Crippen molar-refractivity contribution < 1.29 is 4.79 Å². The zero-order chi connectivity index (χ0) is 20.7. The number of nitrogens with zero attached hydrogens (tertiary/aromatic N) is 3. The van der Waals surface area contributed by atoms with E-state index in [0.717, 1.165) is 25.1 Å². The summed E-state index contributed by atoms with van der Waals surface area (Å²) in [6.45, 7) is 6.38. The highest BCUT2D eigenvalue weighted by Gasteiger charge is 2.21. The lowest BCUT2D eigenvalue weighted by atomic mass is 10.0. The Morgan fingerprint density at radius 3 is 2.45 bits per heavy atom. The zero-order valence-corrected chi connectivity index (χ0v) is 18.0. The molecule has 2 heterocycles. The Labute approximate surface area is 173 Å². The monoisotopic (exact) mass is 387 g/mol. The van der Waals surface area contributed by atoms with Crippen molar-refractivity contribution in [2.24, 2.45) is 0 Å². The molecule has 4 heteroatoms. The van der Waals surface area contributed by atoms with Crippen LogP contribution in [0.15, 0.2) is 42.5 Å². The minimum Gasteiger partial charge on any atom is -0.345 e. The summed E-state index contributed by atoms with van der Waals surface area (Å²) >= 11 is 0. The van der Waals surface area contributed by atoms with Gasteiger partial charge in [-0.15, -0.1) is 0 Å². The third-order valence-electron chi connectivity index (χ3n) is 5.85. The predicted octanol–water partition coefficient (Wildman–Crippen LogP) is 4.66. The molecule has 2 aromatic carbocycles. The number of allylic oxidation sites excluding steroid dienone is 1. The topological polar surface area (TPSA) is 28.5 Å². The van der Waals surface area contributed by atoms with Gasteiger partial charge in [0.25, 0.3) is 5.91 Å². The van der Waals surface area contributed by atoms with Crippen LogP contribution < -0.4 is 0 Å². The van der Waals surface area contributed by atoms with E-state index in [2.05, 4.69) is 54.8 Å². The van der Waals surface area contributed by atoms with Crippen molar-refractivity contribution in [2.45, 2.75) is 26.8 Å². The number of likely N-dealkylation sites (N-methyl/N-ethyl adjacent to an activating group) is 1. The minimum absolute atomic E-state index is 0.0307. The fourth-order valence-corrected chi connectivity index (χ4v) is 4.19. The molecule has 3 aromatic rings. The normalized spacial score (nSPS) is 14.9. The van der Waals surface area contributed by atoms with Crippen LogP contribution in [0.3, 0.4) is 0 Å². The lowest BCUT2D eigenvalue weighted by molar-refractivity contribution is 0.0827. The molecule has 0 bridgehead atoms. The molecule has 1 aliphatic heterocycles. The highest BCUT2D eigenvalue weighted by molar-refractivity contribution is 5.94. The number of amides is 1. The van der Waals surface area contributed by atoms with E-state index in [-0.39, 0.29) is 5.91 Å². The minimum atomic E-state index is 0.0307. The van der Waals surface area contributed by atoms with Crippen molar-refractivity contribution in [1.82, 2.24) is 14.4 Å². The van der Waals surface area contributed by atoms with Gasteiger partial charge >= 0.3 is 0 Å². The van der Waals surface area contributed by atoms with Crippen LogP contribution in [-0.2, 0) is 13.0 Å². The van der Waals surface area contributed by atoms with Crippen LogP contribution in [0.4, 0.5) is 0 Å². The summed E-state index contributed by atoms with van der Waals surface area (Å²) in [5.41, 5.74) is 8.48. The highest BCUT2D eigenvalue weighted by atomic mass is 16.2. The number of aromatic nitrogens is 1. The second-order valence-electron chi connectivity index (χ2n) is 8.39. The molecule has 0 unspecified atom stereocenters. The molecule has 150 valence electrons. The van der Waals surface area contributed by atoms with Crippen LogP contribution in [0.2, 0.25) is 0 Å². The van der Waals surface area contributed by atoms with Crippen molar-refractivity contribution >= 4 is 28.6 Å². The summed E-state index contributed by atoms with van der Waals surface area (Å²) in [6.07, 6.45) is 3.31. The summed E-state index contributed by atoms with van der Waals surface area (Å²) in [7, 11) is 5.75. The van der Waals surface area contributed by atoms with Crippen LogP contribution in [0.5, 0.6) is 0 Å². The first-order chi connectivity index (χ1) is 13.8. The molecule has 1 aliphatic rings. The van der Waals surface area contributed by atoms with Gasteiger partial charge in [-0.25, -0.2) is 0 Å². The molecule has 0 saturated heterocycles. The molecule has 1 aromatic heterocycles. The number of aryl methyl sites for hydroxylation is 1. The van der Waals surface area contributed by atoms with Crippen LogP contribution in [0.1, 0.15) is 39.7 Å². The average molecular weight is 388 g/mol. The lowest BCUT2D eigenvalue weighted by Crippen LogP contribution is -2.26. The Hall–Kier alpha value is -2.85. The molecule has 4 rings (SSSR count). The summed E-state index contributed by atoms with van der Waals surface area (Å²) in [5.74, 6) is 0.0307. The Bertz CT molecular complexity index is 1100.